The normalized spacial score (nSPS) is 13.7. The monoisotopic (exact) mass is 333 g/mol. The number of carbonyl (C=O) groups is 2. The summed E-state index contributed by atoms with van der Waals surface area (Å²) in [6.45, 7) is 4.68. The van der Waals surface area contributed by atoms with Crippen molar-refractivity contribution in [3.8, 4) is 0 Å². The minimum atomic E-state index is -1.18. The molecule has 2 atom stereocenters. The third kappa shape index (κ3) is 3.22. The van der Waals surface area contributed by atoms with Crippen LogP contribution in [0.25, 0.3) is 10.9 Å². The first-order valence-electron chi connectivity index (χ1n) is 7.50. The maximum absolute atomic E-state index is 12.5. The number of hydrogen-bond acceptors (Lipinski definition) is 4. The molecule has 0 spiro atoms. The zero-order valence-electron chi connectivity index (χ0n) is 13.6. The lowest BCUT2D eigenvalue weighted by molar-refractivity contribution is -0.143. The topological polar surface area (TPSA) is 121 Å². The molecule has 1 aromatic heterocycles. The second-order valence-corrected chi connectivity index (χ2v) is 5.90. The Bertz CT molecular complexity index is 896. The number of hydrogen-bond donors (Lipinski definition) is 3. The van der Waals surface area contributed by atoms with E-state index in [1.54, 1.807) is 38.1 Å². The first-order chi connectivity index (χ1) is 11.2. The summed E-state index contributed by atoms with van der Waals surface area (Å²) in [5, 5.41) is 11.8. The third-order valence-corrected chi connectivity index (χ3v) is 3.83. The number of carboxylic acid groups (broad SMARTS) is 1. The fraction of sp³-hybridized carbons (Fsp3) is 0.375. The number of carboxylic acids is 1. The van der Waals surface area contributed by atoms with Crippen molar-refractivity contribution in [3.63, 3.8) is 0 Å². The second kappa shape index (κ2) is 6.69. The number of rotatable bonds is 5. The lowest BCUT2D eigenvalue weighted by atomic mass is 10.0. The Labute approximate surface area is 137 Å². The zero-order chi connectivity index (χ0) is 18.0. The lowest BCUT2D eigenvalue weighted by Gasteiger charge is -2.21. The first kappa shape index (κ1) is 17.5. The van der Waals surface area contributed by atoms with Crippen LogP contribution in [0.4, 0.5) is 0 Å². The molecule has 0 radical (unpaired) electrons. The van der Waals surface area contributed by atoms with E-state index in [2.05, 4.69) is 10.3 Å². The van der Waals surface area contributed by atoms with Crippen LogP contribution in [0.2, 0.25) is 0 Å². The average molecular weight is 333 g/mol. The Balaban J connectivity index is 2.43. The summed E-state index contributed by atoms with van der Waals surface area (Å²) in [6, 6.07) is 4.21. The van der Waals surface area contributed by atoms with Crippen LogP contribution >= 0.6 is 0 Å². The van der Waals surface area contributed by atoms with Gasteiger partial charge in [0, 0.05) is 0 Å². The number of benzene rings is 1. The Morgan fingerprint density at radius 2 is 1.79 bits per heavy atom. The summed E-state index contributed by atoms with van der Waals surface area (Å²) < 4.78 is 0.789. The van der Waals surface area contributed by atoms with Crippen molar-refractivity contribution in [3.05, 3.63) is 45.1 Å². The van der Waals surface area contributed by atoms with Gasteiger partial charge in [0.05, 0.1) is 10.9 Å². The van der Waals surface area contributed by atoms with Crippen molar-refractivity contribution < 1.29 is 14.7 Å². The molecule has 3 N–H and O–H groups in total. The number of amides is 1. The molecule has 0 aliphatic carbocycles. The van der Waals surface area contributed by atoms with Gasteiger partial charge in [0.25, 0.3) is 5.56 Å². The molecule has 0 saturated carbocycles. The fourth-order valence-electron chi connectivity index (χ4n) is 2.43. The van der Waals surface area contributed by atoms with Gasteiger partial charge in [-0.2, -0.15) is 0 Å². The summed E-state index contributed by atoms with van der Waals surface area (Å²) in [5.41, 5.74) is -0.951. The largest absolute Gasteiger partial charge is 0.480 e. The number of fused-ring (bicyclic) bond motifs is 1. The maximum Gasteiger partial charge on any atom is 0.329 e. The van der Waals surface area contributed by atoms with Gasteiger partial charge in [-0.3, -0.25) is 9.59 Å². The molecular weight excluding hydrogens is 314 g/mol. The predicted octanol–water partition coefficient (Wildman–Crippen LogP) is 0.476. The van der Waals surface area contributed by atoms with Gasteiger partial charge in [-0.05, 0) is 25.0 Å². The molecule has 0 saturated heterocycles. The molecule has 8 nitrogen and oxygen atoms in total. The van der Waals surface area contributed by atoms with Crippen molar-refractivity contribution >= 4 is 22.8 Å². The van der Waals surface area contributed by atoms with E-state index in [-0.39, 0.29) is 11.3 Å². The van der Waals surface area contributed by atoms with Gasteiger partial charge in [-0.25, -0.2) is 14.2 Å². The van der Waals surface area contributed by atoms with E-state index < -0.39 is 35.2 Å². The Hall–Kier alpha value is -2.90. The van der Waals surface area contributed by atoms with Crippen LogP contribution < -0.4 is 16.6 Å². The predicted molar refractivity (Wildman–Crippen MR) is 87.9 cm³/mol. The molecule has 0 aliphatic rings. The molecule has 2 unspecified atom stereocenters. The fourth-order valence-corrected chi connectivity index (χ4v) is 2.43. The van der Waals surface area contributed by atoms with Crippen LogP contribution in [0.5, 0.6) is 0 Å². The van der Waals surface area contributed by atoms with Crippen LogP contribution in [0.3, 0.4) is 0 Å². The van der Waals surface area contributed by atoms with E-state index in [1.165, 1.54) is 6.92 Å². The second-order valence-electron chi connectivity index (χ2n) is 5.90. The molecule has 2 rings (SSSR count). The number of carbonyl (C=O) groups excluding carboxylic acids is 1. The molecule has 1 aromatic carbocycles. The standard InChI is InChI=1S/C16H19N3O5/c1-8(2)12(15(22)23)18-13(20)9(3)19-14(21)10-6-4-5-7-11(10)17-16(19)24/h4-9,12H,1-3H3,(H,17,24)(H,18,20)(H,22,23). The molecular formula is C16H19N3O5. The van der Waals surface area contributed by atoms with Gasteiger partial charge in [-0.1, -0.05) is 26.0 Å². The number of aliphatic carboxylic acids is 1. The zero-order valence-corrected chi connectivity index (χ0v) is 13.6. The smallest absolute Gasteiger partial charge is 0.329 e. The summed E-state index contributed by atoms with van der Waals surface area (Å²) in [6.07, 6.45) is 0. The molecule has 24 heavy (non-hydrogen) atoms. The third-order valence-electron chi connectivity index (χ3n) is 3.83. The molecule has 1 heterocycles. The van der Waals surface area contributed by atoms with Gasteiger partial charge >= 0.3 is 11.7 Å². The molecule has 0 bridgehead atoms. The van der Waals surface area contributed by atoms with E-state index in [4.69, 9.17) is 5.11 Å². The van der Waals surface area contributed by atoms with Crippen molar-refractivity contribution in [1.82, 2.24) is 14.9 Å². The van der Waals surface area contributed by atoms with E-state index in [9.17, 15) is 19.2 Å². The van der Waals surface area contributed by atoms with Gasteiger partial charge in [-0.15, -0.1) is 0 Å². The van der Waals surface area contributed by atoms with Crippen molar-refractivity contribution in [2.75, 3.05) is 0 Å². The highest BCUT2D eigenvalue weighted by atomic mass is 16.4. The SMILES string of the molecule is CC(C)C(NC(=O)C(C)n1c(=O)[nH]c2ccccc2c1=O)C(=O)O. The lowest BCUT2D eigenvalue weighted by Crippen LogP contribution is -2.49. The molecule has 2 aromatic rings. The van der Waals surface area contributed by atoms with Crippen molar-refractivity contribution in [2.24, 2.45) is 5.92 Å². The highest BCUT2D eigenvalue weighted by Crippen LogP contribution is 2.08. The van der Waals surface area contributed by atoms with E-state index in [0.29, 0.717) is 5.52 Å². The van der Waals surface area contributed by atoms with E-state index >= 15 is 0 Å². The average Bonchev–Trinajstić information content (AvgIpc) is 2.51. The van der Waals surface area contributed by atoms with Crippen LogP contribution in [-0.2, 0) is 9.59 Å². The molecule has 8 heteroatoms. The number of aromatic nitrogens is 2. The van der Waals surface area contributed by atoms with Crippen LogP contribution in [0, 0.1) is 5.92 Å². The number of H-pyrrole nitrogens is 1. The van der Waals surface area contributed by atoms with Crippen LogP contribution in [-0.4, -0.2) is 32.6 Å². The summed E-state index contributed by atoms with van der Waals surface area (Å²) in [4.78, 5) is 50.7. The summed E-state index contributed by atoms with van der Waals surface area (Å²) in [5.74, 6) is -2.23. The van der Waals surface area contributed by atoms with Gasteiger partial charge in [0.1, 0.15) is 12.1 Å². The van der Waals surface area contributed by atoms with Crippen LogP contribution in [0.1, 0.15) is 26.8 Å². The van der Waals surface area contributed by atoms with E-state index in [1.807, 2.05) is 0 Å². The molecule has 0 fully saturated rings. The molecule has 1 amide bonds. The minimum absolute atomic E-state index is 0.274. The Kier molecular flexibility index (Phi) is 4.87. The number of para-hydroxylation sites is 1. The number of aromatic amines is 1. The highest BCUT2D eigenvalue weighted by molar-refractivity contribution is 5.86. The quantitative estimate of drug-likeness (QED) is 0.734. The summed E-state index contributed by atoms with van der Waals surface area (Å²) in [7, 11) is 0. The molecule has 128 valence electrons. The maximum atomic E-state index is 12.5. The minimum Gasteiger partial charge on any atom is -0.480 e. The molecule has 0 aliphatic heterocycles. The van der Waals surface area contributed by atoms with Crippen LogP contribution in [0.15, 0.2) is 33.9 Å². The van der Waals surface area contributed by atoms with Gasteiger partial charge in [0.15, 0.2) is 0 Å². The Morgan fingerprint density at radius 1 is 1.17 bits per heavy atom. The van der Waals surface area contributed by atoms with Gasteiger partial charge < -0.3 is 15.4 Å². The number of nitrogens with one attached hydrogen (secondary N) is 2. The highest BCUT2D eigenvalue weighted by Gasteiger charge is 2.27. The summed E-state index contributed by atoms with van der Waals surface area (Å²) >= 11 is 0. The van der Waals surface area contributed by atoms with E-state index in [0.717, 1.165) is 4.57 Å². The van der Waals surface area contributed by atoms with Gasteiger partial charge in [0.2, 0.25) is 5.91 Å². The number of nitrogens with zero attached hydrogens (tertiary/aromatic N) is 1. The van der Waals surface area contributed by atoms with Crippen molar-refractivity contribution in [1.29, 1.82) is 0 Å². The Morgan fingerprint density at radius 3 is 2.38 bits per heavy atom. The van der Waals surface area contributed by atoms with Crippen molar-refractivity contribution in [2.45, 2.75) is 32.9 Å². The first-order valence-corrected chi connectivity index (χ1v) is 7.50.